The van der Waals surface area contributed by atoms with E-state index in [4.69, 9.17) is 27.4 Å². The number of alkyl halides is 1. The van der Waals surface area contributed by atoms with Crippen LogP contribution >= 0.6 is 12.2 Å². The van der Waals surface area contributed by atoms with E-state index in [1.807, 2.05) is 4.98 Å². The highest BCUT2D eigenvalue weighted by atomic mass is 32.1. The molecule has 0 aromatic carbocycles. The van der Waals surface area contributed by atoms with Crippen LogP contribution in [0.3, 0.4) is 0 Å². The molecule has 12 heteroatoms. The largest absolute Gasteiger partial charge is 0.458 e. The molecule has 1 aliphatic rings. The second kappa shape index (κ2) is 7.48. The third-order valence-corrected chi connectivity index (χ3v) is 4.29. The fraction of sp³-hybridized carbons (Fsp3) is 0.643. The lowest BCUT2D eigenvalue weighted by molar-refractivity contribution is -0.217. The quantitative estimate of drug-likeness (QED) is 0.386. The van der Waals surface area contributed by atoms with Crippen LogP contribution in [-0.4, -0.2) is 56.4 Å². The number of hydrogen-bond donors (Lipinski definition) is 4. The van der Waals surface area contributed by atoms with E-state index in [9.17, 15) is 28.6 Å². The van der Waals surface area contributed by atoms with Crippen molar-refractivity contribution < 1.29 is 33.3 Å². The Morgan fingerprint density at radius 2 is 2.19 bits per heavy atom. The Hall–Kier alpha value is -1.73. The zero-order chi connectivity index (χ0) is 19.8. The van der Waals surface area contributed by atoms with Crippen LogP contribution in [0.2, 0.25) is 0 Å². The monoisotopic (exact) mass is 395 g/mol. The molecule has 0 unspecified atom stereocenters. The maximum atomic E-state index is 14.9. The third kappa shape index (κ3) is 3.83. The molecular formula is C14H19F2N3O6S. The van der Waals surface area contributed by atoms with Crippen LogP contribution in [-0.2, 0) is 14.3 Å². The number of aliphatic hydroxyl groups is 2. The number of carbonyl (C=O) groups is 1. The molecule has 146 valence electrons. The summed E-state index contributed by atoms with van der Waals surface area (Å²) in [5.74, 6) is -5.43. The van der Waals surface area contributed by atoms with Gasteiger partial charge in [0.05, 0.1) is 6.20 Å². The molecule has 2 heterocycles. The first kappa shape index (κ1) is 20.6. The number of halogens is 2. The summed E-state index contributed by atoms with van der Waals surface area (Å²) >= 11 is 4.82. The summed E-state index contributed by atoms with van der Waals surface area (Å²) in [6.07, 6.45) is -5.07. The van der Waals surface area contributed by atoms with Gasteiger partial charge < -0.3 is 25.4 Å². The van der Waals surface area contributed by atoms with Crippen molar-refractivity contribution >= 4 is 18.2 Å². The summed E-state index contributed by atoms with van der Waals surface area (Å²) in [5.41, 5.74) is 4.47. The molecule has 1 aliphatic heterocycles. The van der Waals surface area contributed by atoms with Gasteiger partial charge >= 0.3 is 5.97 Å². The van der Waals surface area contributed by atoms with Crippen molar-refractivity contribution in [3.05, 3.63) is 27.1 Å². The number of rotatable bonds is 5. The minimum atomic E-state index is -2.99. The van der Waals surface area contributed by atoms with Gasteiger partial charge in [0.25, 0.3) is 11.4 Å². The Morgan fingerprint density at radius 1 is 1.58 bits per heavy atom. The van der Waals surface area contributed by atoms with Crippen LogP contribution < -0.4 is 11.3 Å². The number of nitrogens with two attached hydrogens (primary N) is 1. The molecule has 0 amide bonds. The molecule has 0 radical (unpaired) electrons. The van der Waals surface area contributed by atoms with Crippen molar-refractivity contribution in [1.82, 2.24) is 9.55 Å². The lowest BCUT2D eigenvalue weighted by Crippen LogP contribution is -2.46. The molecule has 1 aromatic heterocycles. The molecule has 5 atom stereocenters. The van der Waals surface area contributed by atoms with Crippen LogP contribution in [0, 0.1) is 16.5 Å². The fourth-order valence-corrected chi connectivity index (χ4v) is 2.53. The molecule has 0 spiro atoms. The highest BCUT2D eigenvalue weighted by Crippen LogP contribution is 2.38. The van der Waals surface area contributed by atoms with Crippen LogP contribution in [0.5, 0.6) is 0 Å². The highest BCUT2D eigenvalue weighted by molar-refractivity contribution is 7.71. The Bertz CT molecular complexity index is 800. The second-order valence-electron chi connectivity index (χ2n) is 6.25. The van der Waals surface area contributed by atoms with Crippen LogP contribution in [0.1, 0.15) is 20.1 Å². The van der Waals surface area contributed by atoms with Gasteiger partial charge in [0.1, 0.15) is 18.2 Å². The molecule has 1 aromatic rings. The average molecular weight is 395 g/mol. The number of aliphatic hydroxyl groups excluding tert-OH is 2. The van der Waals surface area contributed by atoms with Crippen molar-refractivity contribution in [2.24, 2.45) is 11.7 Å². The molecule has 5 N–H and O–H groups in total. The van der Waals surface area contributed by atoms with Gasteiger partial charge in [0.15, 0.2) is 17.6 Å². The number of H-pyrrole nitrogens is 1. The fourth-order valence-electron chi connectivity index (χ4n) is 2.28. The molecule has 1 fully saturated rings. The number of nitrogens with one attached hydrogen (secondary N) is 1. The molecule has 0 aliphatic carbocycles. The normalized spacial score (nSPS) is 29.8. The summed E-state index contributed by atoms with van der Waals surface area (Å²) in [6.45, 7) is 2.26. The van der Waals surface area contributed by atoms with Gasteiger partial charge in [-0.25, -0.2) is 4.39 Å². The van der Waals surface area contributed by atoms with Gasteiger partial charge in [-0.05, 0) is 18.1 Å². The van der Waals surface area contributed by atoms with Crippen molar-refractivity contribution in [1.29, 1.82) is 0 Å². The molecule has 2 rings (SSSR count). The Kier molecular flexibility index (Phi) is 5.92. The lowest BCUT2D eigenvalue weighted by Gasteiger charge is -2.24. The molecule has 26 heavy (non-hydrogen) atoms. The van der Waals surface area contributed by atoms with E-state index in [2.05, 4.69) is 0 Å². The first-order valence-corrected chi connectivity index (χ1v) is 8.05. The minimum absolute atomic E-state index is 0.270. The molecule has 0 bridgehead atoms. The topological polar surface area (TPSA) is 140 Å². The van der Waals surface area contributed by atoms with Gasteiger partial charge in [-0.1, -0.05) is 13.8 Å². The number of nitrogens with zero attached hydrogens (tertiary/aromatic N) is 1. The van der Waals surface area contributed by atoms with Crippen molar-refractivity contribution in [2.75, 3.05) is 6.61 Å². The van der Waals surface area contributed by atoms with Gasteiger partial charge in [-0.15, -0.1) is 0 Å². The number of aromatic amines is 1. The lowest BCUT2D eigenvalue weighted by atomic mass is 10.1. The summed E-state index contributed by atoms with van der Waals surface area (Å²) in [5, 5.41) is 20.0. The van der Waals surface area contributed by atoms with Gasteiger partial charge in [0.2, 0.25) is 5.82 Å². The first-order valence-electron chi connectivity index (χ1n) is 7.64. The van der Waals surface area contributed by atoms with Crippen LogP contribution in [0.25, 0.3) is 0 Å². The number of esters is 1. The maximum Gasteiger partial charge on any atom is 0.323 e. The summed E-state index contributed by atoms with van der Waals surface area (Å²) in [6, 6.07) is -1.01. The Morgan fingerprint density at radius 3 is 2.77 bits per heavy atom. The Labute approximate surface area is 151 Å². The van der Waals surface area contributed by atoms with Gasteiger partial charge in [-0.3, -0.25) is 19.1 Å². The third-order valence-electron chi connectivity index (χ3n) is 3.97. The maximum absolute atomic E-state index is 14.9. The first-order chi connectivity index (χ1) is 12.0. The van der Waals surface area contributed by atoms with Crippen LogP contribution in [0.4, 0.5) is 8.78 Å². The zero-order valence-corrected chi connectivity index (χ0v) is 14.7. The smallest absolute Gasteiger partial charge is 0.323 e. The van der Waals surface area contributed by atoms with E-state index in [0.29, 0.717) is 6.20 Å². The van der Waals surface area contributed by atoms with Gasteiger partial charge in [-0.2, -0.15) is 4.39 Å². The SMILES string of the molecule is CC(C)[C@H](N)C(=O)OC[C@@]1(F)O[C@@H](n2cc(F)c(=O)[nH]c2=S)[C@H](O)[C@@H]1O. The van der Waals surface area contributed by atoms with E-state index in [0.717, 1.165) is 4.57 Å². The standard InChI is InChI=1S/C14H19F2N3O6S/c1-5(2)7(17)12(23)24-4-14(16)9(21)8(20)11(25-14)19-3-6(15)10(22)18-13(19)26/h3,5,7-9,11,20-21H,4,17H2,1-2H3,(H,18,22,26)/t7-,8+,9-,11+,14+/m0/s1. The summed E-state index contributed by atoms with van der Waals surface area (Å²) < 4.78 is 38.4. The predicted molar refractivity (Wildman–Crippen MR) is 85.6 cm³/mol. The molecule has 1 saturated heterocycles. The van der Waals surface area contributed by atoms with Crippen molar-refractivity contribution in [3.8, 4) is 0 Å². The molecule has 9 nitrogen and oxygen atoms in total. The molecular weight excluding hydrogens is 376 g/mol. The van der Waals surface area contributed by atoms with Crippen molar-refractivity contribution in [3.63, 3.8) is 0 Å². The van der Waals surface area contributed by atoms with E-state index >= 15 is 0 Å². The highest BCUT2D eigenvalue weighted by Gasteiger charge is 2.57. The minimum Gasteiger partial charge on any atom is -0.458 e. The zero-order valence-electron chi connectivity index (χ0n) is 13.9. The number of hydrogen-bond acceptors (Lipinski definition) is 8. The summed E-state index contributed by atoms with van der Waals surface area (Å²) in [7, 11) is 0. The number of ether oxygens (including phenoxy) is 2. The van der Waals surface area contributed by atoms with E-state index in [1.165, 1.54) is 0 Å². The van der Waals surface area contributed by atoms with Crippen molar-refractivity contribution in [2.45, 2.75) is 44.2 Å². The van der Waals surface area contributed by atoms with E-state index in [1.54, 1.807) is 13.8 Å². The van der Waals surface area contributed by atoms with E-state index in [-0.39, 0.29) is 10.7 Å². The average Bonchev–Trinajstić information content (AvgIpc) is 2.80. The predicted octanol–water partition coefficient (Wildman–Crippen LogP) is -0.512. The van der Waals surface area contributed by atoms with Crippen LogP contribution in [0.15, 0.2) is 11.0 Å². The summed E-state index contributed by atoms with van der Waals surface area (Å²) in [4.78, 5) is 24.9. The second-order valence-corrected chi connectivity index (χ2v) is 6.64. The molecule has 0 saturated carbocycles. The van der Waals surface area contributed by atoms with E-state index < -0.39 is 54.3 Å². The Balaban J connectivity index is 2.21. The number of aromatic nitrogens is 2. The number of carbonyl (C=O) groups excluding carboxylic acids is 1. The van der Waals surface area contributed by atoms with Gasteiger partial charge in [0, 0.05) is 0 Å².